The lowest BCUT2D eigenvalue weighted by Gasteiger charge is -2.24. The maximum absolute atomic E-state index is 14.2. The second-order valence-corrected chi connectivity index (χ2v) is 9.56. The van der Waals surface area contributed by atoms with Crippen LogP contribution in [0.2, 0.25) is 0 Å². The Balaban J connectivity index is 1.46. The van der Waals surface area contributed by atoms with Crippen molar-refractivity contribution in [2.75, 3.05) is 26.7 Å². The number of carbonyl (C=O) groups excluding carboxylic acids is 3. The Labute approximate surface area is 211 Å². The minimum absolute atomic E-state index is 0.0316. The molecule has 2 aliphatic rings. The smallest absolute Gasteiger partial charge is 0.341 e. The second kappa shape index (κ2) is 12.2. The fourth-order valence-corrected chi connectivity index (χ4v) is 4.06. The van der Waals surface area contributed by atoms with Gasteiger partial charge in [0.15, 0.2) is 0 Å². The first-order valence-corrected chi connectivity index (χ1v) is 12.4. The van der Waals surface area contributed by atoms with E-state index in [1.165, 1.54) is 13.2 Å². The van der Waals surface area contributed by atoms with Crippen LogP contribution in [0.4, 0.5) is 4.39 Å². The van der Waals surface area contributed by atoms with E-state index in [2.05, 4.69) is 25.5 Å². The lowest BCUT2D eigenvalue weighted by molar-refractivity contribution is -0.130. The summed E-state index contributed by atoms with van der Waals surface area (Å²) in [4.78, 5) is 47.8. The summed E-state index contributed by atoms with van der Waals surface area (Å²) < 4.78 is 19.0. The Bertz CT molecular complexity index is 1010. The Hall–Kier alpha value is -3.14. The molecule has 10 heteroatoms. The first-order valence-electron chi connectivity index (χ1n) is 12.4. The molecule has 1 aromatic rings. The number of nitrogens with zero attached hydrogens (tertiary/aromatic N) is 3. The molecule has 0 aromatic heterocycles. The standard InChI is InChI=1S/C26H36FN5O4/c1-5-32(16-19-7-6-8-21(27)22(19)24(34)36-4)12-9-17(2)13-30-25(35)26(10-11-26)31-23(33)20-14-28-18(3)29-15-20/h6-8,14-15,17-18,20H,5,9-13,16H2,1-4H3,(H,30,35)(H,31,33). The Morgan fingerprint density at radius 1 is 1.25 bits per heavy atom. The first-order chi connectivity index (χ1) is 17.2. The number of rotatable bonds is 12. The molecule has 1 aliphatic heterocycles. The van der Waals surface area contributed by atoms with Gasteiger partial charge in [0.05, 0.1) is 12.7 Å². The topological polar surface area (TPSA) is 112 Å². The highest BCUT2D eigenvalue weighted by molar-refractivity contribution is 6.10. The van der Waals surface area contributed by atoms with Crippen molar-refractivity contribution in [3.8, 4) is 0 Å². The van der Waals surface area contributed by atoms with Crippen LogP contribution < -0.4 is 10.6 Å². The molecule has 2 amide bonds. The third-order valence-electron chi connectivity index (χ3n) is 6.65. The molecule has 196 valence electrons. The van der Waals surface area contributed by atoms with Crippen molar-refractivity contribution in [2.24, 2.45) is 21.8 Å². The summed E-state index contributed by atoms with van der Waals surface area (Å²) in [5.41, 5.74) is -0.298. The molecule has 2 N–H and O–H groups in total. The van der Waals surface area contributed by atoms with Crippen molar-refractivity contribution in [2.45, 2.75) is 58.3 Å². The van der Waals surface area contributed by atoms with Gasteiger partial charge in [-0.2, -0.15) is 0 Å². The van der Waals surface area contributed by atoms with Crippen molar-refractivity contribution in [1.29, 1.82) is 0 Å². The van der Waals surface area contributed by atoms with Crippen LogP contribution in [0.5, 0.6) is 0 Å². The zero-order valence-electron chi connectivity index (χ0n) is 21.4. The van der Waals surface area contributed by atoms with E-state index < -0.39 is 23.2 Å². The van der Waals surface area contributed by atoms with Gasteiger partial charge in [0.1, 0.15) is 23.4 Å². The van der Waals surface area contributed by atoms with Crippen molar-refractivity contribution in [1.82, 2.24) is 15.5 Å². The molecule has 1 fully saturated rings. The van der Waals surface area contributed by atoms with E-state index in [-0.39, 0.29) is 29.5 Å². The number of halogens is 1. The molecule has 1 atom stereocenters. The summed E-state index contributed by atoms with van der Waals surface area (Å²) in [6, 6.07) is 4.57. The van der Waals surface area contributed by atoms with Crippen LogP contribution in [-0.4, -0.2) is 73.6 Å². The van der Waals surface area contributed by atoms with Gasteiger partial charge in [-0.25, -0.2) is 9.18 Å². The van der Waals surface area contributed by atoms with Crippen molar-refractivity contribution < 1.29 is 23.5 Å². The SMILES string of the molecule is CCN(CCC(C)CNC(=O)C1(NC(=O)C2C=NC(C)N=C2)CC1)Cc1cccc(F)c1C(=O)OC. The van der Waals surface area contributed by atoms with Gasteiger partial charge in [0.25, 0.3) is 0 Å². The number of ether oxygens (including phenoxy) is 1. The Morgan fingerprint density at radius 2 is 1.94 bits per heavy atom. The van der Waals surface area contributed by atoms with Gasteiger partial charge < -0.3 is 15.4 Å². The molecular formula is C26H36FN5O4. The van der Waals surface area contributed by atoms with Gasteiger partial charge in [-0.3, -0.25) is 24.5 Å². The summed E-state index contributed by atoms with van der Waals surface area (Å²) in [7, 11) is 1.24. The predicted molar refractivity (Wildman–Crippen MR) is 136 cm³/mol. The summed E-state index contributed by atoms with van der Waals surface area (Å²) in [5.74, 6) is -2.09. The van der Waals surface area contributed by atoms with Crippen LogP contribution >= 0.6 is 0 Å². The third-order valence-corrected chi connectivity index (χ3v) is 6.65. The Morgan fingerprint density at radius 3 is 2.56 bits per heavy atom. The zero-order valence-corrected chi connectivity index (χ0v) is 21.4. The quantitative estimate of drug-likeness (QED) is 0.427. The van der Waals surface area contributed by atoms with E-state index in [9.17, 15) is 18.8 Å². The highest BCUT2D eigenvalue weighted by Gasteiger charge is 2.51. The van der Waals surface area contributed by atoms with Crippen molar-refractivity contribution >= 4 is 30.2 Å². The zero-order chi connectivity index (χ0) is 26.3. The summed E-state index contributed by atoms with van der Waals surface area (Å²) in [6.45, 7) is 8.21. The highest BCUT2D eigenvalue weighted by Crippen LogP contribution is 2.36. The van der Waals surface area contributed by atoms with E-state index in [0.29, 0.717) is 38.0 Å². The van der Waals surface area contributed by atoms with Gasteiger partial charge >= 0.3 is 5.97 Å². The molecule has 9 nitrogen and oxygen atoms in total. The van der Waals surface area contributed by atoms with Crippen LogP contribution in [0.15, 0.2) is 28.2 Å². The van der Waals surface area contributed by atoms with Gasteiger partial charge in [-0.15, -0.1) is 0 Å². The first kappa shape index (κ1) is 27.4. The molecule has 1 unspecified atom stereocenters. The summed E-state index contributed by atoms with van der Waals surface area (Å²) in [6.07, 6.45) is 4.97. The molecule has 1 aromatic carbocycles. The normalized spacial score (nSPS) is 20.6. The number of carbonyl (C=O) groups is 3. The minimum atomic E-state index is -0.849. The van der Waals surface area contributed by atoms with Crippen LogP contribution in [0.3, 0.4) is 0 Å². The predicted octanol–water partition coefficient (Wildman–Crippen LogP) is 2.34. The molecule has 36 heavy (non-hydrogen) atoms. The number of benzene rings is 1. The van der Waals surface area contributed by atoms with Crippen LogP contribution in [-0.2, 0) is 20.9 Å². The van der Waals surface area contributed by atoms with E-state index in [0.717, 1.165) is 13.0 Å². The summed E-state index contributed by atoms with van der Waals surface area (Å²) >= 11 is 0. The number of hydrogen-bond acceptors (Lipinski definition) is 7. The number of methoxy groups -OCH3 is 1. The van der Waals surface area contributed by atoms with Crippen LogP contribution in [0, 0.1) is 17.7 Å². The van der Waals surface area contributed by atoms with E-state index in [4.69, 9.17) is 4.74 Å². The van der Waals surface area contributed by atoms with Gasteiger partial charge in [0, 0.05) is 25.5 Å². The van der Waals surface area contributed by atoms with Gasteiger partial charge in [-0.05, 0) is 56.8 Å². The number of aliphatic imine (C=N–C) groups is 2. The van der Waals surface area contributed by atoms with Crippen molar-refractivity contribution in [3.63, 3.8) is 0 Å². The average molecular weight is 502 g/mol. The lowest BCUT2D eigenvalue weighted by Crippen LogP contribution is -2.52. The monoisotopic (exact) mass is 501 g/mol. The highest BCUT2D eigenvalue weighted by atomic mass is 19.1. The average Bonchev–Trinajstić information content (AvgIpc) is 3.65. The molecule has 1 heterocycles. The largest absolute Gasteiger partial charge is 0.465 e. The molecule has 1 saturated carbocycles. The molecule has 0 spiro atoms. The van der Waals surface area contributed by atoms with Crippen LogP contribution in [0.25, 0.3) is 0 Å². The fraction of sp³-hybridized carbons (Fsp3) is 0.577. The van der Waals surface area contributed by atoms with E-state index in [1.54, 1.807) is 24.6 Å². The molecular weight excluding hydrogens is 465 g/mol. The minimum Gasteiger partial charge on any atom is -0.465 e. The van der Waals surface area contributed by atoms with Gasteiger partial charge in [0.2, 0.25) is 11.8 Å². The molecule has 0 bridgehead atoms. The number of nitrogens with one attached hydrogen (secondary N) is 2. The van der Waals surface area contributed by atoms with E-state index >= 15 is 0 Å². The molecule has 1 aliphatic carbocycles. The molecule has 0 radical (unpaired) electrons. The molecule has 3 rings (SSSR count). The number of esters is 1. The number of amides is 2. The van der Waals surface area contributed by atoms with Crippen LogP contribution in [0.1, 0.15) is 56.0 Å². The summed E-state index contributed by atoms with van der Waals surface area (Å²) in [5, 5.41) is 5.86. The van der Waals surface area contributed by atoms with E-state index in [1.807, 2.05) is 20.8 Å². The second-order valence-electron chi connectivity index (χ2n) is 9.56. The fourth-order valence-electron chi connectivity index (χ4n) is 4.06. The van der Waals surface area contributed by atoms with Crippen molar-refractivity contribution in [3.05, 3.63) is 35.1 Å². The lowest BCUT2D eigenvalue weighted by atomic mass is 10.0. The Kier molecular flexibility index (Phi) is 9.31. The molecule has 0 saturated heterocycles. The third kappa shape index (κ3) is 6.96. The van der Waals surface area contributed by atoms with Gasteiger partial charge in [-0.1, -0.05) is 26.0 Å². The maximum Gasteiger partial charge on any atom is 0.341 e. The maximum atomic E-state index is 14.2. The number of hydrogen-bond donors (Lipinski definition) is 2.